The molecule has 5 unspecified atom stereocenters. The molecule has 1 aliphatic rings. The lowest BCUT2D eigenvalue weighted by Crippen LogP contribution is -2.65. The maximum atomic E-state index is 11.2. The molecule has 0 bridgehead atoms. The summed E-state index contributed by atoms with van der Waals surface area (Å²) in [5, 5.41) is 21.9. The van der Waals surface area contributed by atoms with Crippen LogP contribution in [0.3, 0.4) is 0 Å². The first-order valence-corrected chi connectivity index (χ1v) is 7.27. The van der Waals surface area contributed by atoms with Gasteiger partial charge in [-0.2, -0.15) is 0 Å². The van der Waals surface area contributed by atoms with Crippen molar-refractivity contribution in [2.45, 2.75) is 37.4 Å². The highest BCUT2D eigenvalue weighted by atomic mass is 31.1. The van der Waals surface area contributed by atoms with Crippen LogP contribution in [0, 0.1) is 0 Å². The second kappa shape index (κ2) is 8.04. The lowest BCUT2D eigenvalue weighted by atomic mass is 9.93. The molecule has 1 amide bonds. The normalized spacial score (nSPS) is 35.5. The van der Waals surface area contributed by atoms with Gasteiger partial charge in [0.2, 0.25) is 5.91 Å². The molecule has 9 nitrogen and oxygen atoms in total. The van der Waals surface area contributed by atoms with Gasteiger partial charge in [-0.15, -0.1) is 0 Å². The third-order valence-electron chi connectivity index (χ3n) is 2.94. The van der Waals surface area contributed by atoms with Gasteiger partial charge < -0.3 is 34.4 Å². The van der Waals surface area contributed by atoms with Crippen molar-refractivity contribution in [3.63, 3.8) is 0 Å². The molecule has 1 aliphatic heterocycles. The molecule has 118 valence electrons. The van der Waals surface area contributed by atoms with E-state index in [1.54, 1.807) is 0 Å². The van der Waals surface area contributed by atoms with E-state index < -0.39 is 51.2 Å². The van der Waals surface area contributed by atoms with Crippen LogP contribution in [-0.2, 0) is 23.4 Å². The fourth-order valence-electron chi connectivity index (χ4n) is 2.16. The molecule has 0 aromatic carbocycles. The summed E-state index contributed by atoms with van der Waals surface area (Å²) < 4.78 is 25.9. The van der Waals surface area contributed by atoms with Gasteiger partial charge in [0, 0.05) is 14.0 Å². The number of methoxy groups -OCH3 is 1. The molecule has 1 fully saturated rings. The topological polar surface area (TPSA) is 135 Å². The number of rotatable bonds is 6. The summed E-state index contributed by atoms with van der Waals surface area (Å²) in [7, 11) is -1.91. The van der Waals surface area contributed by atoms with Crippen molar-refractivity contribution in [1.82, 2.24) is 5.32 Å². The molecule has 1 saturated heterocycles. The molecular weight excluding hydrogens is 293 g/mol. The number of carbonyl (C=O) groups is 1. The van der Waals surface area contributed by atoms with Crippen LogP contribution in [0.25, 0.3) is 0 Å². The number of nitrogens with one attached hydrogen (secondary N) is 1. The zero-order chi connectivity index (χ0) is 15.3. The number of ether oxygens (including phenoxy) is 2. The minimum atomic E-state index is -3.33. The number of aliphatic hydroxyl groups is 2. The molecule has 0 radical (unpaired) electrons. The van der Waals surface area contributed by atoms with Crippen LogP contribution in [0.2, 0.25) is 0 Å². The average Bonchev–Trinajstić information content (AvgIpc) is 2.36. The third-order valence-corrected chi connectivity index (χ3v) is 3.41. The Morgan fingerprint density at radius 3 is 2.55 bits per heavy atom. The molecule has 0 aromatic rings. The number of carbonyl (C=O) groups excluding carboxylic acids is 1. The van der Waals surface area contributed by atoms with Crippen LogP contribution < -0.4 is 5.32 Å². The first kappa shape index (κ1) is 17.5. The molecular formula is C10H20NO8P. The van der Waals surface area contributed by atoms with E-state index in [0.717, 1.165) is 0 Å². The number of hydrogen-bond donors (Lipinski definition) is 4. The second-order valence-corrected chi connectivity index (χ2v) is 5.18. The smallest absolute Gasteiger partial charge is 0.317 e. The van der Waals surface area contributed by atoms with Gasteiger partial charge in [-0.3, -0.25) is 9.36 Å². The Bertz CT molecular complexity index is 354. The molecule has 6 atom stereocenters. The minimum absolute atomic E-state index is 0.0690. The van der Waals surface area contributed by atoms with E-state index in [0.29, 0.717) is 0 Å². The van der Waals surface area contributed by atoms with Gasteiger partial charge in [0.05, 0.1) is 19.3 Å². The van der Waals surface area contributed by atoms with Crippen molar-refractivity contribution < 1.29 is 38.5 Å². The van der Waals surface area contributed by atoms with Crippen molar-refractivity contribution in [1.29, 1.82) is 0 Å². The summed E-state index contributed by atoms with van der Waals surface area (Å²) in [4.78, 5) is 20.0. The first-order valence-electron chi connectivity index (χ1n) is 6.00. The molecule has 0 saturated carbocycles. The highest BCUT2D eigenvalue weighted by Crippen LogP contribution is 2.30. The summed E-state index contributed by atoms with van der Waals surface area (Å²) in [5.74, 6) is -0.406. The average molecular weight is 313 g/mol. The molecule has 0 spiro atoms. The summed E-state index contributed by atoms with van der Waals surface area (Å²) >= 11 is 0. The first-order chi connectivity index (χ1) is 9.40. The van der Waals surface area contributed by atoms with Crippen LogP contribution in [-0.4, -0.2) is 71.8 Å². The van der Waals surface area contributed by atoms with E-state index in [1.165, 1.54) is 14.0 Å². The van der Waals surface area contributed by atoms with E-state index in [9.17, 15) is 19.6 Å². The van der Waals surface area contributed by atoms with Crippen molar-refractivity contribution in [2.75, 3.05) is 20.3 Å². The van der Waals surface area contributed by atoms with E-state index in [4.69, 9.17) is 18.9 Å². The summed E-state index contributed by atoms with van der Waals surface area (Å²) in [5.41, 5.74) is 0. The molecule has 10 heteroatoms. The van der Waals surface area contributed by atoms with Crippen LogP contribution in [0.1, 0.15) is 6.92 Å². The third kappa shape index (κ3) is 4.49. The fraction of sp³-hybridized carbons (Fsp3) is 0.900. The number of amides is 1. The van der Waals surface area contributed by atoms with Crippen molar-refractivity contribution in [3.05, 3.63) is 0 Å². The monoisotopic (exact) mass is 313 g/mol. The van der Waals surface area contributed by atoms with Crippen LogP contribution in [0.4, 0.5) is 0 Å². The standard InChI is InChI=1S/C10H20NO8P/c1-5(13)11-8-7(4-17-2)18-6(3-12)10(9(8)14)19-20(15)16/h6-10,12,14,20H,3-4H2,1-2H3,(H,11,13)(H,15,16)/t6?,7?,8?,9?,10-/m1/s1. The van der Waals surface area contributed by atoms with Crippen LogP contribution in [0.5, 0.6) is 0 Å². The van der Waals surface area contributed by atoms with Gasteiger partial charge in [-0.25, -0.2) is 0 Å². The summed E-state index contributed by atoms with van der Waals surface area (Å²) in [6.07, 6.45) is -4.24. The number of aliphatic hydroxyl groups excluding tert-OH is 2. The Balaban J connectivity index is 2.92. The Hall–Kier alpha value is -0.540. The predicted octanol–water partition coefficient (Wildman–Crippen LogP) is -1.97. The lowest BCUT2D eigenvalue weighted by Gasteiger charge is -2.43. The second-order valence-electron chi connectivity index (χ2n) is 4.42. The Morgan fingerprint density at radius 2 is 2.10 bits per heavy atom. The van der Waals surface area contributed by atoms with E-state index in [-0.39, 0.29) is 6.61 Å². The molecule has 1 rings (SSSR count). The Labute approximate surface area is 116 Å². The molecule has 4 N–H and O–H groups in total. The van der Waals surface area contributed by atoms with Crippen molar-refractivity contribution in [3.8, 4) is 0 Å². The van der Waals surface area contributed by atoms with Gasteiger partial charge in [0.25, 0.3) is 0 Å². The van der Waals surface area contributed by atoms with Gasteiger partial charge in [0.1, 0.15) is 24.4 Å². The minimum Gasteiger partial charge on any atom is -0.394 e. The highest BCUT2D eigenvalue weighted by Gasteiger charge is 2.46. The van der Waals surface area contributed by atoms with E-state index in [1.807, 2.05) is 0 Å². The molecule has 1 heterocycles. The Kier molecular flexibility index (Phi) is 7.04. The molecule has 0 aromatic heterocycles. The maximum absolute atomic E-state index is 11.2. The maximum Gasteiger partial charge on any atom is 0.317 e. The van der Waals surface area contributed by atoms with Crippen LogP contribution in [0.15, 0.2) is 0 Å². The summed E-state index contributed by atoms with van der Waals surface area (Å²) in [6, 6.07) is -0.874. The quantitative estimate of drug-likeness (QED) is 0.415. The molecule has 0 aliphatic carbocycles. The fourth-order valence-corrected chi connectivity index (χ4v) is 2.68. The zero-order valence-corrected chi connectivity index (χ0v) is 12.2. The SMILES string of the molecule is COCC1OC(CO)[C@@H](O[PH](=O)O)C(O)C1NC(C)=O. The Morgan fingerprint density at radius 1 is 1.45 bits per heavy atom. The number of hydrogen-bond acceptors (Lipinski definition) is 7. The highest BCUT2D eigenvalue weighted by molar-refractivity contribution is 7.32. The zero-order valence-electron chi connectivity index (χ0n) is 11.2. The largest absolute Gasteiger partial charge is 0.394 e. The van der Waals surface area contributed by atoms with Crippen LogP contribution >= 0.6 is 8.25 Å². The van der Waals surface area contributed by atoms with Crippen molar-refractivity contribution in [2.24, 2.45) is 0 Å². The van der Waals surface area contributed by atoms with Gasteiger partial charge in [-0.1, -0.05) is 0 Å². The van der Waals surface area contributed by atoms with E-state index in [2.05, 4.69) is 5.32 Å². The van der Waals surface area contributed by atoms with E-state index >= 15 is 0 Å². The van der Waals surface area contributed by atoms with Gasteiger partial charge in [0.15, 0.2) is 0 Å². The van der Waals surface area contributed by atoms with Gasteiger partial charge in [-0.05, 0) is 0 Å². The predicted molar refractivity (Wildman–Crippen MR) is 67.3 cm³/mol. The lowest BCUT2D eigenvalue weighted by molar-refractivity contribution is -0.197. The van der Waals surface area contributed by atoms with Gasteiger partial charge >= 0.3 is 8.25 Å². The van der Waals surface area contributed by atoms with Crippen molar-refractivity contribution >= 4 is 14.2 Å². The summed E-state index contributed by atoms with van der Waals surface area (Å²) in [6.45, 7) is 0.822. The molecule has 20 heavy (non-hydrogen) atoms.